The van der Waals surface area contributed by atoms with Gasteiger partial charge in [-0.2, -0.15) is 13.2 Å². The molecule has 10 heteroatoms. The van der Waals surface area contributed by atoms with Gasteiger partial charge >= 0.3 is 12.1 Å². The zero-order chi connectivity index (χ0) is 26.0. The number of nitrogens with one attached hydrogen (secondary N) is 1. The van der Waals surface area contributed by atoms with Crippen LogP contribution >= 0.6 is 0 Å². The van der Waals surface area contributed by atoms with Crippen LogP contribution in [-0.4, -0.2) is 21.5 Å². The lowest BCUT2D eigenvalue weighted by atomic mass is 9.90. The van der Waals surface area contributed by atoms with Gasteiger partial charge in [0.15, 0.2) is 0 Å². The maximum atomic E-state index is 15.3. The lowest BCUT2D eigenvalue weighted by Crippen LogP contribution is -2.37. The number of alkyl halides is 3. The van der Waals surface area contributed by atoms with Crippen LogP contribution in [-0.2, 0) is 26.7 Å². The third kappa shape index (κ3) is 6.63. The van der Waals surface area contributed by atoms with Gasteiger partial charge in [-0.05, 0) is 88.1 Å². The number of esters is 1. The fourth-order valence-corrected chi connectivity index (χ4v) is 4.35. The highest BCUT2D eigenvalue weighted by Gasteiger charge is 2.38. The predicted molar refractivity (Wildman–Crippen MR) is 121 cm³/mol. The number of aryl methyl sites for hydroxylation is 2. The summed E-state index contributed by atoms with van der Waals surface area (Å²) in [4.78, 5) is 12.2. The number of carbonyl (C=O) groups is 1. The van der Waals surface area contributed by atoms with E-state index in [2.05, 4.69) is 4.72 Å². The topological polar surface area (TPSA) is 55.4 Å². The van der Waals surface area contributed by atoms with Gasteiger partial charge in [-0.3, -0.25) is 4.79 Å². The molecule has 0 aromatic heterocycles. The molecule has 0 aliphatic rings. The van der Waals surface area contributed by atoms with Crippen molar-refractivity contribution in [1.82, 2.24) is 4.72 Å². The molecule has 2 rings (SSSR count). The van der Waals surface area contributed by atoms with E-state index < -0.39 is 63.1 Å². The Balaban J connectivity index is 2.80. The molecule has 0 unspecified atom stereocenters. The molecule has 0 saturated heterocycles. The first-order chi connectivity index (χ1) is 15.6. The fraction of sp³-hybridized carbons (Fsp3) is 0.458. The Labute approximate surface area is 198 Å². The van der Waals surface area contributed by atoms with Crippen LogP contribution in [0.15, 0.2) is 24.3 Å². The largest absolute Gasteiger partial charge is 0.466 e. The summed E-state index contributed by atoms with van der Waals surface area (Å²) < 4.78 is 89.9. The van der Waals surface area contributed by atoms with Crippen molar-refractivity contribution in [2.24, 2.45) is 0 Å². The maximum absolute atomic E-state index is 15.3. The van der Waals surface area contributed by atoms with E-state index in [0.717, 1.165) is 0 Å². The van der Waals surface area contributed by atoms with E-state index in [1.807, 2.05) is 0 Å². The summed E-state index contributed by atoms with van der Waals surface area (Å²) in [6.45, 7) is 9.49. The van der Waals surface area contributed by atoms with Crippen molar-refractivity contribution in [1.29, 1.82) is 0 Å². The van der Waals surface area contributed by atoms with E-state index in [0.29, 0.717) is 22.8 Å². The van der Waals surface area contributed by atoms with Gasteiger partial charge in [0, 0.05) is 5.56 Å². The van der Waals surface area contributed by atoms with Crippen LogP contribution in [0.25, 0.3) is 11.1 Å². The van der Waals surface area contributed by atoms with E-state index in [4.69, 9.17) is 4.74 Å². The quantitative estimate of drug-likeness (QED) is 0.354. The number of hydrogen-bond acceptors (Lipinski definition) is 3. The molecule has 0 heterocycles. The second-order valence-electron chi connectivity index (χ2n) is 8.90. The van der Waals surface area contributed by atoms with Gasteiger partial charge < -0.3 is 4.74 Å². The van der Waals surface area contributed by atoms with Crippen LogP contribution in [0.2, 0.25) is 0 Å². The van der Waals surface area contributed by atoms with Crippen LogP contribution in [0, 0.1) is 25.5 Å². The molecule has 0 amide bonds. The number of halogens is 5. The van der Waals surface area contributed by atoms with Gasteiger partial charge in [0.1, 0.15) is 11.6 Å². The Hall–Kier alpha value is -2.33. The van der Waals surface area contributed by atoms with E-state index in [9.17, 15) is 26.6 Å². The summed E-state index contributed by atoms with van der Waals surface area (Å²) in [6.07, 6.45) is -5.59. The SMILES string of the molecule is CCOC(=O)C[C@H](N[S@](=O)C(C)(C)C)c1cc(-c2c(C)cc(F)cc2C)cc(C(F)(F)F)c1F. The molecule has 2 aromatic carbocycles. The van der Waals surface area contributed by atoms with Gasteiger partial charge in [0.2, 0.25) is 0 Å². The second kappa shape index (κ2) is 10.5. The molecule has 0 aliphatic carbocycles. The van der Waals surface area contributed by atoms with Crippen molar-refractivity contribution in [3.05, 3.63) is 58.2 Å². The highest BCUT2D eigenvalue weighted by Crippen LogP contribution is 2.40. The van der Waals surface area contributed by atoms with E-state index in [-0.39, 0.29) is 12.2 Å². The molecule has 0 aliphatic heterocycles. The lowest BCUT2D eigenvalue weighted by Gasteiger charge is -2.26. The normalized spacial score (nSPS) is 14.1. The zero-order valence-electron chi connectivity index (χ0n) is 19.8. The average molecular weight is 506 g/mol. The number of carbonyl (C=O) groups excluding carboxylic acids is 1. The van der Waals surface area contributed by atoms with Gasteiger partial charge in [0.25, 0.3) is 0 Å². The predicted octanol–water partition coefficient (Wildman–Crippen LogP) is 6.31. The summed E-state index contributed by atoms with van der Waals surface area (Å²) >= 11 is 0. The third-order valence-corrected chi connectivity index (χ3v) is 6.66. The monoisotopic (exact) mass is 505 g/mol. The van der Waals surface area contributed by atoms with Crippen molar-refractivity contribution in [3.8, 4) is 11.1 Å². The van der Waals surface area contributed by atoms with Crippen molar-refractivity contribution in [3.63, 3.8) is 0 Å². The minimum absolute atomic E-state index is 0.00377. The van der Waals surface area contributed by atoms with Crippen molar-refractivity contribution >= 4 is 17.0 Å². The molecule has 34 heavy (non-hydrogen) atoms. The number of rotatable bonds is 7. The molecule has 0 radical (unpaired) electrons. The Morgan fingerprint density at radius 1 is 1.06 bits per heavy atom. The Bertz CT molecular complexity index is 1070. The molecular formula is C24H28F5NO3S. The fourth-order valence-electron chi connectivity index (χ4n) is 3.52. The highest BCUT2D eigenvalue weighted by atomic mass is 32.2. The summed E-state index contributed by atoms with van der Waals surface area (Å²) in [6, 6.07) is 2.80. The highest BCUT2D eigenvalue weighted by molar-refractivity contribution is 7.84. The number of benzene rings is 2. The minimum Gasteiger partial charge on any atom is -0.466 e. The van der Waals surface area contributed by atoms with E-state index >= 15 is 4.39 Å². The molecule has 0 bridgehead atoms. The minimum atomic E-state index is -5.05. The number of hydrogen-bond donors (Lipinski definition) is 1. The van der Waals surface area contributed by atoms with Crippen molar-refractivity contribution < 1.29 is 35.7 Å². The van der Waals surface area contributed by atoms with Gasteiger partial charge in [0.05, 0.1) is 40.4 Å². The van der Waals surface area contributed by atoms with E-state index in [1.165, 1.54) is 32.0 Å². The molecule has 188 valence electrons. The molecule has 4 nitrogen and oxygen atoms in total. The second-order valence-corrected chi connectivity index (χ2v) is 10.9. The van der Waals surface area contributed by atoms with Crippen LogP contribution in [0.3, 0.4) is 0 Å². The molecule has 1 N–H and O–H groups in total. The third-order valence-electron chi connectivity index (χ3n) is 5.05. The molecule has 0 spiro atoms. The van der Waals surface area contributed by atoms with Crippen LogP contribution < -0.4 is 4.72 Å². The van der Waals surface area contributed by atoms with Crippen LogP contribution in [0.5, 0.6) is 0 Å². The molecule has 2 aromatic rings. The van der Waals surface area contributed by atoms with Gasteiger partial charge in [-0.25, -0.2) is 17.7 Å². The average Bonchev–Trinajstić information content (AvgIpc) is 2.66. The Morgan fingerprint density at radius 2 is 1.62 bits per heavy atom. The van der Waals surface area contributed by atoms with Crippen molar-refractivity contribution in [2.75, 3.05) is 6.61 Å². The Kier molecular flexibility index (Phi) is 8.63. The lowest BCUT2D eigenvalue weighted by molar-refractivity contribution is -0.143. The standard InChI is InChI=1S/C24H28F5NO3S/c1-7-33-20(31)12-19(30-34(32)23(4,5)6)17-10-15(11-18(22(17)26)24(27,28)29)21-13(2)8-16(25)9-14(21)3/h8-11,19,30H,7,12H2,1-6H3/t19-,34+/m0/s1. The first-order valence-corrected chi connectivity index (χ1v) is 11.7. The van der Waals surface area contributed by atoms with Crippen molar-refractivity contribution in [2.45, 2.75) is 64.9 Å². The van der Waals surface area contributed by atoms with Gasteiger partial charge in [-0.1, -0.05) is 0 Å². The summed E-state index contributed by atoms with van der Waals surface area (Å²) in [5, 5.41) is 0. The van der Waals surface area contributed by atoms with Crippen LogP contribution in [0.4, 0.5) is 22.0 Å². The molecule has 0 fully saturated rings. The maximum Gasteiger partial charge on any atom is 0.419 e. The smallest absolute Gasteiger partial charge is 0.419 e. The molecule has 0 saturated carbocycles. The summed E-state index contributed by atoms with van der Waals surface area (Å²) in [5.74, 6) is -2.93. The van der Waals surface area contributed by atoms with E-state index in [1.54, 1.807) is 27.7 Å². The van der Waals surface area contributed by atoms with Crippen LogP contribution in [0.1, 0.15) is 62.4 Å². The zero-order valence-corrected chi connectivity index (χ0v) is 20.6. The molecule has 2 atom stereocenters. The molecular weight excluding hydrogens is 477 g/mol. The first-order valence-electron chi connectivity index (χ1n) is 10.6. The summed E-state index contributed by atoms with van der Waals surface area (Å²) in [7, 11) is -1.84. The number of ether oxygens (including phenoxy) is 1. The summed E-state index contributed by atoms with van der Waals surface area (Å²) in [5.41, 5.74) is -1.01. The first kappa shape index (κ1) is 27.9. The Morgan fingerprint density at radius 3 is 2.09 bits per heavy atom. The van der Waals surface area contributed by atoms with Gasteiger partial charge in [-0.15, -0.1) is 0 Å².